The number of hydrogen-bond donors (Lipinski definition) is 1. The molecule has 1 aliphatic heterocycles. The second kappa shape index (κ2) is 9.28. The van der Waals surface area contributed by atoms with Crippen molar-refractivity contribution in [1.29, 1.82) is 0 Å². The fourth-order valence-corrected chi connectivity index (χ4v) is 4.37. The summed E-state index contributed by atoms with van der Waals surface area (Å²) in [6.07, 6.45) is 1.84. The van der Waals surface area contributed by atoms with Crippen LogP contribution in [-0.4, -0.2) is 26.0 Å². The first-order valence-corrected chi connectivity index (χ1v) is 10.7. The lowest BCUT2D eigenvalue weighted by Crippen LogP contribution is -2.31. The second-order valence-electron chi connectivity index (χ2n) is 7.24. The van der Waals surface area contributed by atoms with E-state index in [9.17, 15) is 14.0 Å². The summed E-state index contributed by atoms with van der Waals surface area (Å²) in [6, 6.07) is 18.7. The van der Waals surface area contributed by atoms with Gasteiger partial charge < -0.3 is 15.0 Å². The van der Waals surface area contributed by atoms with E-state index < -0.39 is 0 Å². The maximum absolute atomic E-state index is 13.0. The highest BCUT2D eigenvalue weighted by molar-refractivity contribution is 8.04. The van der Waals surface area contributed by atoms with Gasteiger partial charge in [0.1, 0.15) is 11.6 Å². The number of benzene rings is 3. The highest BCUT2D eigenvalue weighted by Gasteiger charge is 2.27. The van der Waals surface area contributed by atoms with Crippen LogP contribution in [0, 0.1) is 5.82 Å². The third-order valence-electron chi connectivity index (χ3n) is 5.10. The van der Waals surface area contributed by atoms with Crippen LogP contribution in [0.5, 0.6) is 5.75 Å². The molecule has 0 aliphatic carbocycles. The first-order valence-electron chi connectivity index (χ1n) is 9.93. The number of halogens is 1. The Bertz CT molecular complexity index is 1190. The second-order valence-corrected chi connectivity index (χ2v) is 8.32. The molecule has 1 aliphatic rings. The smallest absolute Gasteiger partial charge is 0.264 e. The van der Waals surface area contributed by atoms with E-state index in [1.807, 2.05) is 36.4 Å². The topological polar surface area (TPSA) is 58.6 Å². The van der Waals surface area contributed by atoms with Crippen molar-refractivity contribution >= 4 is 35.3 Å². The minimum atomic E-state index is -0.319. The minimum absolute atomic E-state index is 0.137. The number of fused-ring (bicyclic) bond motifs is 1. The fraction of sp³-hybridized carbons (Fsp3) is 0.120. The predicted octanol–water partition coefficient (Wildman–Crippen LogP) is 4.87. The Hall–Kier alpha value is -3.58. The van der Waals surface area contributed by atoms with Crippen molar-refractivity contribution in [3.63, 3.8) is 0 Å². The standard InChI is InChI=1S/C25H21FN2O3S/c1-28-21-14-18(24(29)27-15-17-3-8-19(26)9-4-17)7-12-22(21)32-23(25(28)30)13-16-5-10-20(31-2)11-6-16/h3-14H,15H2,1-2H3,(H,27,29)/b23-13-. The molecule has 3 aromatic rings. The normalized spacial score (nSPS) is 14.3. The van der Waals surface area contributed by atoms with E-state index in [0.717, 1.165) is 21.8 Å². The molecule has 0 spiro atoms. The number of carbonyl (C=O) groups excluding carboxylic acids is 2. The van der Waals surface area contributed by atoms with Gasteiger partial charge in [0.2, 0.25) is 0 Å². The molecule has 0 bridgehead atoms. The zero-order valence-electron chi connectivity index (χ0n) is 17.6. The Morgan fingerprint density at radius 1 is 1.09 bits per heavy atom. The van der Waals surface area contributed by atoms with Gasteiger partial charge in [0.25, 0.3) is 11.8 Å². The fourth-order valence-electron chi connectivity index (χ4n) is 3.27. The molecule has 1 N–H and O–H groups in total. The number of amides is 2. The van der Waals surface area contributed by atoms with Gasteiger partial charge >= 0.3 is 0 Å². The monoisotopic (exact) mass is 448 g/mol. The maximum Gasteiger partial charge on any atom is 0.264 e. The molecule has 0 unspecified atom stereocenters. The predicted molar refractivity (Wildman–Crippen MR) is 124 cm³/mol. The van der Waals surface area contributed by atoms with Crippen LogP contribution >= 0.6 is 11.8 Å². The largest absolute Gasteiger partial charge is 0.497 e. The summed E-state index contributed by atoms with van der Waals surface area (Å²) in [6.45, 7) is 0.286. The molecule has 1 heterocycles. The van der Waals surface area contributed by atoms with Crippen LogP contribution < -0.4 is 15.0 Å². The van der Waals surface area contributed by atoms with Gasteiger partial charge in [-0.15, -0.1) is 0 Å². The van der Waals surface area contributed by atoms with Gasteiger partial charge in [-0.05, 0) is 59.7 Å². The van der Waals surface area contributed by atoms with E-state index in [1.54, 1.807) is 43.3 Å². The van der Waals surface area contributed by atoms with Crippen molar-refractivity contribution in [3.05, 3.63) is 94.1 Å². The summed E-state index contributed by atoms with van der Waals surface area (Å²) in [5.41, 5.74) is 2.83. The average molecular weight is 449 g/mol. The molecule has 0 saturated carbocycles. The number of nitrogens with one attached hydrogen (secondary N) is 1. The molecule has 0 saturated heterocycles. The summed E-state index contributed by atoms with van der Waals surface area (Å²) < 4.78 is 18.2. The van der Waals surface area contributed by atoms with E-state index in [1.165, 1.54) is 23.9 Å². The Labute approximate surface area is 189 Å². The number of carbonyl (C=O) groups is 2. The number of ether oxygens (including phenoxy) is 1. The van der Waals surface area contributed by atoms with Crippen molar-refractivity contribution in [2.24, 2.45) is 0 Å². The van der Waals surface area contributed by atoms with Crippen LogP contribution in [0.3, 0.4) is 0 Å². The third kappa shape index (κ3) is 4.68. The minimum Gasteiger partial charge on any atom is -0.497 e. The zero-order valence-corrected chi connectivity index (χ0v) is 18.4. The van der Waals surface area contributed by atoms with Crippen LogP contribution in [0.25, 0.3) is 6.08 Å². The van der Waals surface area contributed by atoms with Gasteiger partial charge in [0.05, 0.1) is 17.7 Å². The van der Waals surface area contributed by atoms with Crippen LogP contribution in [0.4, 0.5) is 10.1 Å². The molecule has 162 valence electrons. The van der Waals surface area contributed by atoms with Crippen LogP contribution in [0.2, 0.25) is 0 Å². The molecule has 5 nitrogen and oxygen atoms in total. The number of hydrogen-bond acceptors (Lipinski definition) is 4. The maximum atomic E-state index is 13.0. The number of likely N-dealkylation sites (N-methyl/N-ethyl adjacent to an activating group) is 1. The Kier molecular flexibility index (Phi) is 6.28. The summed E-state index contributed by atoms with van der Waals surface area (Å²) in [5, 5.41) is 2.83. The van der Waals surface area contributed by atoms with E-state index in [0.29, 0.717) is 16.2 Å². The van der Waals surface area contributed by atoms with Gasteiger partial charge in [-0.25, -0.2) is 4.39 Å². The third-order valence-corrected chi connectivity index (χ3v) is 6.18. The molecule has 0 fully saturated rings. The SMILES string of the molecule is COc1ccc(/C=C2\Sc3ccc(C(=O)NCc4ccc(F)cc4)cc3N(C)C2=O)cc1. The van der Waals surface area contributed by atoms with Crippen LogP contribution in [0.1, 0.15) is 21.5 Å². The first kappa shape index (κ1) is 21.6. The molecule has 0 atom stereocenters. The molecule has 4 rings (SSSR count). The molecule has 3 aromatic carbocycles. The number of rotatable bonds is 5. The summed E-state index contributed by atoms with van der Waals surface area (Å²) in [4.78, 5) is 28.6. The lowest BCUT2D eigenvalue weighted by atomic mass is 10.1. The van der Waals surface area contributed by atoms with Gasteiger partial charge in [-0.2, -0.15) is 0 Å². The van der Waals surface area contributed by atoms with E-state index in [4.69, 9.17) is 4.74 Å². The highest BCUT2D eigenvalue weighted by atomic mass is 32.2. The molecular weight excluding hydrogens is 427 g/mol. The van der Waals surface area contributed by atoms with Crippen molar-refractivity contribution in [2.45, 2.75) is 11.4 Å². The lowest BCUT2D eigenvalue weighted by Gasteiger charge is -2.27. The van der Waals surface area contributed by atoms with Crippen LogP contribution in [-0.2, 0) is 11.3 Å². The number of methoxy groups -OCH3 is 1. The summed E-state index contributed by atoms with van der Waals surface area (Å²) in [7, 11) is 3.31. The Morgan fingerprint density at radius 2 is 1.81 bits per heavy atom. The molecule has 2 amide bonds. The lowest BCUT2D eigenvalue weighted by molar-refractivity contribution is -0.114. The molecular formula is C25H21FN2O3S. The highest BCUT2D eigenvalue weighted by Crippen LogP contribution is 2.42. The Balaban J connectivity index is 1.51. The number of thioether (sulfide) groups is 1. The van der Waals surface area contributed by atoms with Gasteiger partial charge in [0, 0.05) is 24.1 Å². The van der Waals surface area contributed by atoms with Crippen molar-refractivity contribution in [3.8, 4) is 5.75 Å². The summed E-state index contributed by atoms with van der Waals surface area (Å²) >= 11 is 1.38. The van der Waals surface area contributed by atoms with Gasteiger partial charge in [0.15, 0.2) is 0 Å². The van der Waals surface area contributed by atoms with Crippen molar-refractivity contribution in [1.82, 2.24) is 5.32 Å². The van der Waals surface area contributed by atoms with E-state index >= 15 is 0 Å². The van der Waals surface area contributed by atoms with Gasteiger partial charge in [-0.3, -0.25) is 9.59 Å². The molecule has 7 heteroatoms. The molecule has 0 aromatic heterocycles. The van der Waals surface area contributed by atoms with E-state index in [2.05, 4.69) is 5.32 Å². The quantitative estimate of drug-likeness (QED) is 0.566. The van der Waals surface area contributed by atoms with Crippen molar-refractivity contribution in [2.75, 3.05) is 19.1 Å². The number of nitrogens with zero attached hydrogens (tertiary/aromatic N) is 1. The zero-order chi connectivity index (χ0) is 22.7. The Morgan fingerprint density at radius 3 is 2.50 bits per heavy atom. The van der Waals surface area contributed by atoms with E-state index in [-0.39, 0.29) is 24.2 Å². The first-order chi connectivity index (χ1) is 15.4. The molecule has 32 heavy (non-hydrogen) atoms. The van der Waals surface area contributed by atoms with Crippen molar-refractivity contribution < 1.29 is 18.7 Å². The number of anilines is 1. The average Bonchev–Trinajstić information content (AvgIpc) is 2.82. The molecule has 0 radical (unpaired) electrons. The summed E-state index contributed by atoms with van der Waals surface area (Å²) in [5.74, 6) is 0.0348. The van der Waals surface area contributed by atoms with Gasteiger partial charge in [-0.1, -0.05) is 36.0 Å². The van der Waals surface area contributed by atoms with Crippen LogP contribution in [0.15, 0.2) is 76.5 Å².